The second-order valence-corrected chi connectivity index (χ2v) is 7.30. The fraction of sp³-hybridized carbons (Fsp3) is 0.240. The summed E-state index contributed by atoms with van der Waals surface area (Å²) in [7, 11) is 0. The number of rotatable bonds is 8. The lowest BCUT2D eigenvalue weighted by Gasteiger charge is -2.30. The number of carbonyl (C=O) groups excluding carboxylic acids is 1. The average Bonchev–Trinajstić information content (AvgIpc) is 2.79. The van der Waals surface area contributed by atoms with E-state index in [1.165, 1.54) is 19.1 Å². The Labute approximate surface area is 184 Å². The molecule has 0 heterocycles. The number of hydrogen-bond donors (Lipinski definition) is 1. The van der Waals surface area contributed by atoms with Crippen molar-refractivity contribution < 1.29 is 27.8 Å². The minimum absolute atomic E-state index is 0.281. The topological polar surface area (TPSA) is 49.8 Å². The van der Waals surface area contributed by atoms with Gasteiger partial charge in [0, 0.05) is 24.3 Å². The number of anilines is 1. The fourth-order valence-electron chi connectivity index (χ4n) is 3.39. The zero-order chi connectivity index (χ0) is 23.2. The molecule has 7 heteroatoms. The highest BCUT2D eigenvalue weighted by molar-refractivity contribution is 5.82. The van der Waals surface area contributed by atoms with Gasteiger partial charge in [-0.2, -0.15) is 13.2 Å². The predicted molar refractivity (Wildman–Crippen MR) is 116 cm³/mol. The largest absolute Gasteiger partial charge is 0.463 e. The third-order valence-corrected chi connectivity index (χ3v) is 5.06. The van der Waals surface area contributed by atoms with E-state index in [-0.39, 0.29) is 6.61 Å². The first-order valence-electron chi connectivity index (χ1n) is 10.2. The molecule has 0 aliphatic carbocycles. The van der Waals surface area contributed by atoms with Crippen LogP contribution in [-0.4, -0.2) is 23.9 Å². The normalized spacial score (nSPS) is 13.3. The summed E-state index contributed by atoms with van der Waals surface area (Å²) in [4.78, 5) is 14.0. The Morgan fingerprint density at radius 1 is 0.844 bits per heavy atom. The fourth-order valence-corrected chi connectivity index (χ4v) is 3.39. The lowest BCUT2D eigenvalue weighted by Crippen LogP contribution is -2.50. The van der Waals surface area contributed by atoms with E-state index in [2.05, 4.69) is 4.74 Å². The highest BCUT2D eigenvalue weighted by Crippen LogP contribution is 2.40. The van der Waals surface area contributed by atoms with Gasteiger partial charge in [0.2, 0.25) is 0 Å². The zero-order valence-electron chi connectivity index (χ0n) is 17.5. The van der Waals surface area contributed by atoms with Gasteiger partial charge >= 0.3 is 12.1 Å². The molecule has 0 aromatic heterocycles. The summed E-state index contributed by atoms with van der Waals surface area (Å²) in [5, 5.41) is 10.3. The molecular weight excluding hydrogens is 419 g/mol. The van der Waals surface area contributed by atoms with Crippen molar-refractivity contribution in [1.82, 2.24) is 0 Å². The van der Waals surface area contributed by atoms with E-state index < -0.39 is 23.3 Å². The molecule has 0 amide bonds. The molecule has 1 atom stereocenters. The molecule has 4 nitrogen and oxygen atoms in total. The van der Waals surface area contributed by atoms with Gasteiger partial charge in [0.1, 0.15) is 0 Å². The van der Waals surface area contributed by atoms with Crippen LogP contribution in [0.4, 0.5) is 18.9 Å². The number of carbonyl (C=O) groups is 1. The van der Waals surface area contributed by atoms with Gasteiger partial charge in [0.05, 0.1) is 6.61 Å². The van der Waals surface area contributed by atoms with Gasteiger partial charge in [-0.1, -0.05) is 72.8 Å². The first-order valence-corrected chi connectivity index (χ1v) is 10.2. The van der Waals surface area contributed by atoms with E-state index in [1.54, 1.807) is 0 Å². The lowest BCUT2D eigenvalue weighted by molar-refractivity contribution is -0.267. The molecule has 32 heavy (non-hydrogen) atoms. The van der Waals surface area contributed by atoms with Gasteiger partial charge in [-0.3, -0.25) is 0 Å². The standard InChI is InChI=1S/C25H24F3NO3/c1-2-32-23(30)24(31,25(26,27)28)21-13-15-22(16-14-21)29(17-19-9-5-3-6-10-19)18-20-11-7-4-8-12-20/h3-16,31H,2,17-18H2,1H3/t24-/m0/s1. The first kappa shape index (κ1) is 23.3. The van der Waals surface area contributed by atoms with Crippen molar-refractivity contribution in [3.63, 3.8) is 0 Å². The van der Waals surface area contributed by atoms with Crippen LogP contribution in [-0.2, 0) is 28.2 Å². The molecule has 0 radical (unpaired) electrons. The summed E-state index contributed by atoms with van der Waals surface area (Å²) in [6.45, 7) is 2.15. The summed E-state index contributed by atoms with van der Waals surface area (Å²) >= 11 is 0. The van der Waals surface area contributed by atoms with Gasteiger partial charge in [-0.15, -0.1) is 0 Å². The molecule has 0 saturated carbocycles. The minimum Gasteiger partial charge on any atom is -0.463 e. The molecule has 168 valence electrons. The van der Waals surface area contributed by atoms with Gasteiger partial charge in [0.25, 0.3) is 5.60 Å². The third kappa shape index (κ3) is 5.11. The van der Waals surface area contributed by atoms with Crippen molar-refractivity contribution in [3.8, 4) is 0 Å². The van der Waals surface area contributed by atoms with Crippen LogP contribution in [0.25, 0.3) is 0 Å². The Kier molecular flexibility index (Phi) is 7.20. The Balaban J connectivity index is 1.94. The third-order valence-electron chi connectivity index (χ3n) is 5.06. The Morgan fingerprint density at radius 3 is 1.72 bits per heavy atom. The maximum Gasteiger partial charge on any atom is 0.432 e. The highest BCUT2D eigenvalue weighted by atomic mass is 19.4. The highest BCUT2D eigenvalue weighted by Gasteiger charge is 2.62. The van der Waals surface area contributed by atoms with Crippen molar-refractivity contribution in [3.05, 3.63) is 102 Å². The van der Waals surface area contributed by atoms with Gasteiger partial charge < -0.3 is 14.7 Å². The summed E-state index contributed by atoms with van der Waals surface area (Å²) in [6.07, 6.45) is -5.23. The van der Waals surface area contributed by atoms with E-state index in [1.807, 2.05) is 65.6 Å². The van der Waals surface area contributed by atoms with Crippen LogP contribution in [0, 0.1) is 0 Å². The van der Waals surface area contributed by atoms with Crippen molar-refractivity contribution in [2.24, 2.45) is 0 Å². The van der Waals surface area contributed by atoms with E-state index in [9.17, 15) is 23.1 Å². The summed E-state index contributed by atoms with van der Waals surface area (Å²) in [6, 6.07) is 24.5. The molecule has 0 aliphatic heterocycles. The van der Waals surface area contributed by atoms with Crippen LogP contribution in [0.5, 0.6) is 0 Å². The second-order valence-electron chi connectivity index (χ2n) is 7.30. The number of benzene rings is 3. The van der Waals surface area contributed by atoms with Crippen molar-refractivity contribution >= 4 is 11.7 Å². The maximum atomic E-state index is 13.6. The maximum absolute atomic E-state index is 13.6. The molecule has 0 saturated heterocycles. The second kappa shape index (κ2) is 9.87. The minimum atomic E-state index is -5.23. The molecule has 3 aromatic rings. The van der Waals surface area contributed by atoms with E-state index in [0.29, 0.717) is 18.8 Å². The van der Waals surface area contributed by atoms with Crippen LogP contribution in [0.1, 0.15) is 23.6 Å². The number of nitrogens with zero attached hydrogens (tertiary/aromatic N) is 1. The number of ether oxygens (including phenoxy) is 1. The van der Waals surface area contributed by atoms with Crippen LogP contribution in [0.2, 0.25) is 0 Å². The molecule has 3 aromatic carbocycles. The van der Waals surface area contributed by atoms with Crippen molar-refractivity contribution in [2.75, 3.05) is 11.5 Å². The summed E-state index contributed by atoms with van der Waals surface area (Å²) < 4.78 is 45.4. The number of aliphatic hydroxyl groups is 1. The van der Waals surface area contributed by atoms with Crippen LogP contribution in [0.3, 0.4) is 0 Å². The molecule has 0 aliphatic rings. The number of hydrogen-bond acceptors (Lipinski definition) is 4. The Bertz CT molecular complexity index is 967. The van der Waals surface area contributed by atoms with Gasteiger partial charge in [-0.25, -0.2) is 4.79 Å². The SMILES string of the molecule is CCOC(=O)[C@@](O)(c1ccc(N(Cc2ccccc2)Cc2ccccc2)cc1)C(F)(F)F. The quantitative estimate of drug-likeness (QED) is 0.486. The smallest absolute Gasteiger partial charge is 0.432 e. The van der Waals surface area contributed by atoms with Crippen LogP contribution in [0.15, 0.2) is 84.9 Å². The Hall–Kier alpha value is -3.32. The van der Waals surface area contributed by atoms with Crippen molar-refractivity contribution in [1.29, 1.82) is 0 Å². The average molecular weight is 443 g/mol. The molecular formula is C25H24F3NO3. The predicted octanol–water partition coefficient (Wildman–Crippen LogP) is 5.21. The van der Waals surface area contributed by atoms with E-state index >= 15 is 0 Å². The molecule has 3 rings (SSSR count). The van der Waals surface area contributed by atoms with Crippen molar-refractivity contribution in [2.45, 2.75) is 31.8 Å². The van der Waals surface area contributed by atoms with Crippen LogP contribution >= 0.6 is 0 Å². The van der Waals surface area contributed by atoms with Gasteiger partial charge in [-0.05, 0) is 30.2 Å². The van der Waals surface area contributed by atoms with Crippen LogP contribution < -0.4 is 4.90 Å². The lowest BCUT2D eigenvalue weighted by atomic mass is 9.92. The Morgan fingerprint density at radius 2 is 1.31 bits per heavy atom. The molecule has 0 fully saturated rings. The number of alkyl halides is 3. The monoisotopic (exact) mass is 443 g/mol. The summed E-state index contributed by atoms with van der Waals surface area (Å²) in [5.41, 5.74) is -1.61. The van der Waals surface area contributed by atoms with E-state index in [4.69, 9.17) is 0 Å². The molecule has 1 N–H and O–H groups in total. The number of esters is 1. The van der Waals surface area contributed by atoms with Gasteiger partial charge in [0.15, 0.2) is 0 Å². The zero-order valence-corrected chi connectivity index (χ0v) is 17.5. The first-order chi connectivity index (χ1) is 15.3. The number of halogens is 3. The molecule has 0 spiro atoms. The summed E-state index contributed by atoms with van der Waals surface area (Å²) in [5.74, 6) is -1.74. The molecule has 0 bridgehead atoms. The molecule has 0 unspecified atom stereocenters. The van der Waals surface area contributed by atoms with E-state index in [0.717, 1.165) is 23.3 Å².